The van der Waals surface area contributed by atoms with Gasteiger partial charge >= 0.3 is 17.9 Å². The minimum atomic E-state index is -3.80. The Labute approximate surface area is 86.5 Å². The van der Waals surface area contributed by atoms with Crippen molar-refractivity contribution in [1.29, 1.82) is 0 Å². The Kier molecular flexibility index (Phi) is 5.18. The average molecular weight is 224 g/mol. The molecule has 6 heteroatoms. The number of ether oxygens (including phenoxy) is 2. The quantitative estimate of drug-likeness (QED) is 0.664. The highest BCUT2D eigenvalue weighted by Crippen LogP contribution is 2.25. The third-order valence-corrected chi connectivity index (χ3v) is 1.63. The summed E-state index contributed by atoms with van der Waals surface area (Å²) in [7, 11) is 0. The third-order valence-electron chi connectivity index (χ3n) is 1.63. The first-order valence-electron chi connectivity index (χ1n) is 4.58. The Balaban J connectivity index is 4.63. The summed E-state index contributed by atoms with van der Waals surface area (Å²) in [5.74, 6) is -6.32. The molecule has 4 nitrogen and oxygen atoms in total. The minimum Gasteiger partial charge on any atom is -0.461 e. The van der Waals surface area contributed by atoms with Crippen molar-refractivity contribution in [2.45, 2.75) is 39.2 Å². The fourth-order valence-electron chi connectivity index (χ4n) is 0.973. The maximum atomic E-state index is 13.3. The largest absolute Gasteiger partial charge is 0.461 e. The predicted molar refractivity (Wildman–Crippen MR) is 47.4 cm³/mol. The zero-order valence-electron chi connectivity index (χ0n) is 8.88. The summed E-state index contributed by atoms with van der Waals surface area (Å²) in [6, 6.07) is 0. The highest BCUT2D eigenvalue weighted by Gasteiger charge is 2.50. The molecule has 0 aromatic carbocycles. The molecule has 0 aliphatic rings. The van der Waals surface area contributed by atoms with Crippen LogP contribution in [0.3, 0.4) is 0 Å². The van der Waals surface area contributed by atoms with Crippen molar-refractivity contribution in [3.63, 3.8) is 0 Å². The van der Waals surface area contributed by atoms with Crippen LogP contribution in [0, 0.1) is 0 Å². The molecule has 0 aliphatic carbocycles. The van der Waals surface area contributed by atoms with Crippen molar-refractivity contribution in [2.75, 3.05) is 6.61 Å². The first-order chi connectivity index (χ1) is 6.86. The summed E-state index contributed by atoms with van der Waals surface area (Å²) >= 11 is 0. The van der Waals surface area contributed by atoms with E-state index >= 15 is 0 Å². The summed E-state index contributed by atoms with van der Waals surface area (Å²) in [6.45, 7) is 3.66. The molecule has 0 fully saturated rings. The Morgan fingerprint density at radius 1 is 1.33 bits per heavy atom. The Morgan fingerprint density at radius 3 is 2.20 bits per heavy atom. The zero-order chi connectivity index (χ0) is 12.1. The molecule has 1 unspecified atom stereocenters. The Bertz CT molecular complexity index is 240. The van der Waals surface area contributed by atoms with Crippen molar-refractivity contribution in [3.8, 4) is 0 Å². The Morgan fingerprint density at radius 2 is 1.87 bits per heavy atom. The van der Waals surface area contributed by atoms with Gasteiger partial charge in [0.05, 0.1) is 6.61 Å². The molecule has 0 amide bonds. The van der Waals surface area contributed by atoms with Gasteiger partial charge in [0, 0.05) is 6.92 Å². The maximum Gasteiger partial charge on any atom is 0.381 e. The van der Waals surface area contributed by atoms with E-state index in [1.54, 1.807) is 0 Å². The lowest BCUT2D eigenvalue weighted by Gasteiger charge is -2.23. The molecule has 0 rings (SSSR count). The molecule has 0 bridgehead atoms. The van der Waals surface area contributed by atoms with E-state index in [2.05, 4.69) is 9.47 Å². The molecule has 0 saturated heterocycles. The van der Waals surface area contributed by atoms with Crippen molar-refractivity contribution in [2.24, 2.45) is 0 Å². The van der Waals surface area contributed by atoms with Gasteiger partial charge in [0.2, 0.25) is 0 Å². The molecule has 0 saturated carbocycles. The molecular weight excluding hydrogens is 210 g/mol. The summed E-state index contributed by atoms with van der Waals surface area (Å²) in [4.78, 5) is 21.4. The standard InChI is InChI=1S/C9H14F2O4/c1-4-7(15-6(3)12)9(10,11)8(13)14-5-2/h7H,4-5H2,1-3H3. The molecule has 15 heavy (non-hydrogen) atoms. The second-order valence-corrected chi connectivity index (χ2v) is 2.85. The van der Waals surface area contributed by atoms with Gasteiger partial charge in [0.25, 0.3) is 0 Å². The van der Waals surface area contributed by atoms with E-state index in [1.165, 1.54) is 13.8 Å². The van der Waals surface area contributed by atoms with Crippen molar-refractivity contribution in [1.82, 2.24) is 0 Å². The molecular formula is C9H14F2O4. The van der Waals surface area contributed by atoms with Crippen LogP contribution in [-0.4, -0.2) is 30.6 Å². The number of hydrogen-bond acceptors (Lipinski definition) is 4. The van der Waals surface area contributed by atoms with Crippen LogP contribution in [0.25, 0.3) is 0 Å². The summed E-state index contributed by atoms with van der Waals surface area (Å²) in [5.41, 5.74) is 0. The lowest BCUT2D eigenvalue weighted by molar-refractivity contribution is -0.197. The summed E-state index contributed by atoms with van der Waals surface area (Å²) in [6.07, 6.45) is -1.93. The van der Waals surface area contributed by atoms with Gasteiger partial charge in [-0.2, -0.15) is 8.78 Å². The molecule has 88 valence electrons. The molecule has 0 spiro atoms. The second-order valence-electron chi connectivity index (χ2n) is 2.85. The van der Waals surface area contributed by atoms with Gasteiger partial charge in [-0.15, -0.1) is 0 Å². The number of halogens is 2. The Hall–Kier alpha value is -1.20. The summed E-state index contributed by atoms with van der Waals surface area (Å²) < 4.78 is 35.1. The van der Waals surface area contributed by atoms with E-state index in [4.69, 9.17) is 0 Å². The number of alkyl halides is 2. The van der Waals surface area contributed by atoms with Crippen LogP contribution in [0.1, 0.15) is 27.2 Å². The third kappa shape index (κ3) is 3.81. The number of carbonyl (C=O) groups is 2. The van der Waals surface area contributed by atoms with Crippen LogP contribution in [0.2, 0.25) is 0 Å². The SMILES string of the molecule is CCOC(=O)C(F)(F)C(CC)OC(C)=O. The van der Waals surface area contributed by atoms with E-state index in [-0.39, 0.29) is 13.0 Å². The fourth-order valence-corrected chi connectivity index (χ4v) is 0.973. The van der Waals surface area contributed by atoms with Gasteiger partial charge in [-0.1, -0.05) is 6.92 Å². The molecule has 1 atom stereocenters. The lowest BCUT2D eigenvalue weighted by atomic mass is 10.1. The van der Waals surface area contributed by atoms with Crippen LogP contribution in [0.5, 0.6) is 0 Å². The van der Waals surface area contributed by atoms with Gasteiger partial charge in [0.1, 0.15) is 0 Å². The topological polar surface area (TPSA) is 52.6 Å². The number of rotatable bonds is 5. The van der Waals surface area contributed by atoms with Crippen molar-refractivity contribution in [3.05, 3.63) is 0 Å². The van der Waals surface area contributed by atoms with E-state index in [0.29, 0.717) is 0 Å². The van der Waals surface area contributed by atoms with Crippen LogP contribution >= 0.6 is 0 Å². The van der Waals surface area contributed by atoms with Gasteiger partial charge in [-0.05, 0) is 13.3 Å². The highest BCUT2D eigenvalue weighted by molar-refractivity contribution is 5.79. The number of hydrogen-bond donors (Lipinski definition) is 0. The van der Waals surface area contributed by atoms with Crippen molar-refractivity contribution >= 4 is 11.9 Å². The molecule has 0 N–H and O–H groups in total. The highest BCUT2D eigenvalue weighted by atomic mass is 19.3. The first kappa shape index (κ1) is 13.8. The summed E-state index contributed by atoms with van der Waals surface area (Å²) in [5, 5.41) is 0. The van der Waals surface area contributed by atoms with Crippen LogP contribution in [0.4, 0.5) is 8.78 Å². The van der Waals surface area contributed by atoms with Gasteiger partial charge in [0.15, 0.2) is 6.10 Å². The predicted octanol–water partition coefficient (Wildman–Crippen LogP) is 1.53. The average Bonchev–Trinajstić information content (AvgIpc) is 2.13. The van der Waals surface area contributed by atoms with E-state index < -0.39 is 24.0 Å². The minimum absolute atomic E-state index is 0.148. The zero-order valence-corrected chi connectivity index (χ0v) is 8.88. The van der Waals surface area contributed by atoms with E-state index in [9.17, 15) is 18.4 Å². The lowest BCUT2D eigenvalue weighted by Crippen LogP contribution is -2.44. The van der Waals surface area contributed by atoms with Gasteiger partial charge in [-0.25, -0.2) is 4.79 Å². The normalized spacial score (nSPS) is 13.1. The molecule has 0 aromatic heterocycles. The molecule has 0 aliphatic heterocycles. The molecule has 0 aromatic rings. The van der Waals surface area contributed by atoms with Gasteiger partial charge in [-0.3, -0.25) is 4.79 Å². The number of carbonyl (C=O) groups excluding carboxylic acids is 2. The smallest absolute Gasteiger partial charge is 0.381 e. The van der Waals surface area contributed by atoms with Crippen molar-refractivity contribution < 1.29 is 27.8 Å². The van der Waals surface area contributed by atoms with Crippen LogP contribution in [0.15, 0.2) is 0 Å². The van der Waals surface area contributed by atoms with Crippen LogP contribution < -0.4 is 0 Å². The van der Waals surface area contributed by atoms with Gasteiger partial charge < -0.3 is 9.47 Å². The number of esters is 2. The molecule has 0 radical (unpaired) electrons. The maximum absolute atomic E-state index is 13.3. The fraction of sp³-hybridized carbons (Fsp3) is 0.778. The monoisotopic (exact) mass is 224 g/mol. The molecule has 0 heterocycles. The van der Waals surface area contributed by atoms with E-state index in [0.717, 1.165) is 6.92 Å². The first-order valence-corrected chi connectivity index (χ1v) is 4.58. The van der Waals surface area contributed by atoms with E-state index in [1.807, 2.05) is 0 Å². The second kappa shape index (κ2) is 5.63. The van der Waals surface area contributed by atoms with Crippen LogP contribution in [-0.2, 0) is 19.1 Å².